The Morgan fingerprint density at radius 3 is 2.50 bits per heavy atom. The second kappa shape index (κ2) is 6.92. The van der Waals surface area contributed by atoms with E-state index in [0.717, 1.165) is 24.1 Å². The van der Waals surface area contributed by atoms with E-state index >= 15 is 0 Å². The summed E-state index contributed by atoms with van der Waals surface area (Å²) >= 11 is 0. The molecule has 0 spiro atoms. The quantitative estimate of drug-likeness (QED) is 0.796. The molecule has 0 bridgehead atoms. The number of hydrogen-bond donors (Lipinski definition) is 2. The van der Waals surface area contributed by atoms with Crippen molar-refractivity contribution in [3.05, 3.63) is 16.8 Å². The molecule has 1 rings (SSSR count). The van der Waals surface area contributed by atoms with Crippen LogP contribution in [-0.4, -0.2) is 29.8 Å². The first kappa shape index (κ1) is 14.4. The summed E-state index contributed by atoms with van der Waals surface area (Å²) in [6.45, 7) is 6.85. The van der Waals surface area contributed by atoms with Crippen LogP contribution in [0.4, 0.5) is 5.82 Å². The second-order valence-corrected chi connectivity index (χ2v) is 4.24. The SMILES string of the molecule is CCc1nnc(NCC(C)NC)c(C#N)c1CC. The fraction of sp³-hybridized carbons (Fsp3) is 0.615. The average molecular weight is 247 g/mol. The number of hydrogen-bond acceptors (Lipinski definition) is 5. The molecular formula is C13H21N5. The van der Waals surface area contributed by atoms with Gasteiger partial charge in [0.2, 0.25) is 0 Å². The molecule has 1 aromatic rings. The van der Waals surface area contributed by atoms with Gasteiger partial charge in [0.05, 0.1) is 5.69 Å². The third kappa shape index (κ3) is 3.17. The average Bonchev–Trinajstić information content (AvgIpc) is 2.43. The molecular weight excluding hydrogens is 226 g/mol. The normalized spacial score (nSPS) is 11.9. The van der Waals surface area contributed by atoms with Crippen molar-refractivity contribution in [2.24, 2.45) is 0 Å². The molecule has 1 heterocycles. The lowest BCUT2D eigenvalue weighted by Crippen LogP contribution is -2.30. The van der Waals surface area contributed by atoms with Gasteiger partial charge in [-0.25, -0.2) is 0 Å². The molecule has 18 heavy (non-hydrogen) atoms. The van der Waals surface area contributed by atoms with Crippen molar-refractivity contribution in [3.8, 4) is 6.07 Å². The Labute approximate surface area is 109 Å². The van der Waals surface area contributed by atoms with Gasteiger partial charge in [0, 0.05) is 12.6 Å². The van der Waals surface area contributed by atoms with Gasteiger partial charge in [-0.2, -0.15) is 10.4 Å². The van der Waals surface area contributed by atoms with Crippen molar-refractivity contribution in [2.75, 3.05) is 18.9 Å². The Balaban J connectivity index is 3.02. The zero-order chi connectivity index (χ0) is 13.5. The molecule has 0 aromatic carbocycles. The first-order valence-corrected chi connectivity index (χ1v) is 6.37. The van der Waals surface area contributed by atoms with Crippen molar-refractivity contribution < 1.29 is 0 Å². The number of rotatable bonds is 6. The lowest BCUT2D eigenvalue weighted by atomic mass is 10.0. The largest absolute Gasteiger partial charge is 0.366 e. The van der Waals surface area contributed by atoms with Crippen LogP contribution in [0.3, 0.4) is 0 Å². The van der Waals surface area contributed by atoms with Gasteiger partial charge in [-0.1, -0.05) is 13.8 Å². The smallest absolute Gasteiger partial charge is 0.166 e. The maximum atomic E-state index is 9.30. The molecule has 1 unspecified atom stereocenters. The highest BCUT2D eigenvalue weighted by Crippen LogP contribution is 2.19. The van der Waals surface area contributed by atoms with Crippen LogP contribution < -0.4 is 10.6 Å². The van der Waals surface area contributed by atoms with Gasteiger partial charge >= 0.3 is 0 Å². The van der Waals surface area contributed by atoms with Crippen molar-refractivity contribution in [1.29, 1.82) is 5.26 Å². The first-order chi connectivity index (χ1) is 8.67. The standard InChI is InChI=1S/C13H21N5/c1-5-10-11(7-14)13(16-8-9(3)15-4)18-17-12(10)6-2/h9,15H,5-6,8H2,1-4H3,(H,16,18). The third-order valence-corrected chi connectivity index (χ3v) is 3.03. The van der Waals surface area contributed by atoms with E-state index in [4.69, 9.17) is 0 Å². The van der Waals surface area contributed by atoms with E-state index in [1.165, 1.54) is 0 Å². The summed E-state index contributed by atoms with van der Waals surface area (Å²) in [6, 6.07) is 2.56. The van der Waals surface area contributed by atoms with E-state index in [9.17, 15) is 5.26 Å². The number of aromatic nitrogens is 2. The van der Waals surface area contributed by atoms with Gasteiger partial charge in [-0.3, -0.25) is 0 Å². The van der Waals surface area contributed by atoms with Crippen molar-refractivity contribution >= 4 is 5.82 Å². The van der Waals surface area contributed by atoms with Gasteiger partial charge in [0.1, 0.15) is 11.6 Å². The molecule has 1 aromatic heterocycles. The van der Waals surface area contributed by atoms with Crippen LogP contribution in [0.2, 0.25) is 0 Å². The van der Waals surface area contributed by atoms with Gasteiger partial charge in [0.15, 0.2) is 5.82 Å². The molecule has 0 saturated heterocycles. The third-order valence-electron chi connectivity index (χ3n) is 3.03. The Hall–Kier alpha value is -1.67. The summed E-state index contributed by atoms with van der Waals surface area (Å²) in [4.78, 5) is 0. The molecule has 0 amide bonds. The molecule has 98 valence electrons. The van der Waals surface area contributed by atoms with Crippen LogP contribution in [-0.2, 0) is 12.8 Å². The molecule has 0 aliphatic rings. The molecule has 0 radical (unpaired) electrons. The van der Waals surface area contributed by atoms with Gasteiger partial charge < -0.3 is 10.6 Å². The molecule has 5 nitrogen and oxygen atoms in total. The molecule has 0 fully saturated rings. The van der Waals surface area contributed by atoms with Gasteiger partial charge in [-0.15, -0.1) is 5.10 Å². The number of likely N-dealkylation sites (N-methyl/N-ethyl adjacent to an activating group) is 1. The summed E-state index contributed by atoms with van der Waals surface area (Å²) in [5.74, 6) is 0.591. The van der Waals surface area contributed by atoms with Crippen LogP contribution in [0.15, 0.2) is 0 Å². The zero-order valence-corrected chi connectivity index (χ0v) is 11.5. The monoisotopic (exact) mass is 247 g/mol. The van der Waals surface area contributed by atoms with Crippen LogP contribution in [0.25, 0.3) is 0 Å². The van der Waals surface area contributed by atoms with Gasteiger partial charge in [-0.05, 0) is 32.4 Å². The number of nitriles is 1. The number of nitrogens with zero attached hydrogens (tertiary/aromatic N) is 3. The van der Waals surface area contributed by atoms with Crippen LogP contribution >= 0.6 is 0 Å². The topological polar surface area (TPSA) is 73.6 Å². The van der Waals surface area contributed by atoms with Crippen molar-refractivity contribution in [3.63, 3.8) is 0 Å². The molecule has 0 aliphatic heterocycles. The highest BCUT2D eigenvalue weighted by atomic mass is 15.2. The lowest BCUT2D eigenvalue weighted by Gasteiger charge is -2.14. The number of anilines is 1. The highest BCUT2D eigenvalue weighted by Gasteiger charge is 2.14. The second-order valence-electron chi connectivity index (χ2n) is 4.24. The number of aryl methyl sites for hydroxylation is 1. The molecule has 0 aliphatic carbocycles. The summed E-state index contributed by atoms with van der Waals surface area (Å²) in [7, 11) is 1.90. The minimum atomic E-state index is 0.314. The number of nitrogens with one attached hydrogen (secondary N) is 2. The summed E-state index contributed by atoms with van der Waals surface area (Å²) in [5.41, 5.74) is 2.56. The van der Waals surface area contributed by atoms with Crippen LogP contribution in [0, 0.1) is 11.3 Å². The first-order valence-electron chi connectivity index (χ1n) is 6.37. The predicted molar refractivity (Wildman–Crippen MR) is 72.5 cm³/mol. The van der Waals surface area contributed by atoms with Crippen LogP contribution in [0.1, 0.15) is 37.6 Å². The van der Waals surface area contributed by atoms with Crippen LogP contribution in [0.5, 0.6) is 0 Å². The summed E-state index contributed by atoms with van der Waals surface area (Å²) in [6.07, 6.45) is 1.61. The van der Waals surface area contributed by atoms with E-state index in [1.807, 2.05) is 20.9 Å². The van der Waals surface area contributed by atoms with E-state index in [2.05, 4.69) is 33.8 Å². The Kier molecular flexibility index (Phi) is 5.53. The highest BCUT2D eigenvalue weighted by molar-refractivity contribution is 5.56. The Bertz CT molecular complexity index is 436. The molecule has 1 atom stereocenters. The fourth-order valence-corrected chi connectivity index (χ4v) is 1.77. The maximum absolute atomic E-state index is 9.30. The minimum Gasteiger partial charge on any atom is -0.366 e. The van der Waals surface area contributed by atoms with Crippen molar-refractivity contribution in [2.45, 2.75) is 39.7 Å². The van der Waals surface area contributed by atoms with E-state index in [0.29, 0.717) is 24.0 Å². The van der Waals surface area contributed by atoms with E-state index < -0.39 is 0 Å². The Morgan fingerprint density at radius 2 is 2.00 bits per heavy atom. The van der Waals surface area contributed by atoms with Crippen molar-refractivity contribution in [1.82, 2.24) is 15.5 Å². The molecule has 2 N–H and O–H groups in total. The van der Waals surface area contributed by atoms with E-state index in [-0.39, 0.29) is 0 Å². The summed E-state index contributed by atoms with van der Waals surface area (Å²) in [5, 5.41) is 23.9. The minimum absolute atomic E-state index is 0.314. The Morgan fingerprint density at radius 1 is 1.28 bits per heavy atom. The zero-order valence-electron chi connectivity index (χ0n) is 11.5. The molecule has 0 saturated carbocycles. The summed E-state index contributed by atoms with van der Waals surface area (Å²) < 4.78 is 0. The lowest BCUT2D eigenvalue weighted by molar-refractivity contribution is 0.636. The van der Waals surface area contributed by atoms with E-state index in [1.54, 1.807) is 0 Å². The predicted octanol–water partition coefficient (Wildman–Crippen LogP) is 1.49. The maximum Gasteiger partial charge on any atom is 0.166 e. The molecule has 5 heteroatoms. The fourth-order valence-electron chi connectivity index (χ4n) is 1.77. The van der Waals surface area contributed by atoms with Gasteiger partial charge in [0.25, 0.3) is 0 Å².